The third-order valence-electron chi connectivity index (χ3n) is 6.32. The molecular formula is C25H29N3O3. The van der Waals surface area contributed by atoms with Gasteiger partial charge >= 0.3 is 0 Å². The van der Waals surface area contributed by atoms with Gasteiger partial charge in [0.1, 0.15) is 0 Å². The number of nitro groups is 1. The molecule has 3 unspecified atom stereocenters. The maximum Gasteiger partial charge on any atom is 0.269 e. The average molecular weight is 420 g/mol. The zero-order valence-electron chi connectivity index (χ0n) is 18.1. The maximum absolute atomic E-state index is 13.1. The predicted molar refractivity (Wildman–Crippen MR) is 122 cm³/mol. The van der Waals surface area contributed by atoms with Gasteiger partial charge in [0.2, 0.25) is 0 Å². The van der Waals surface area contributed by atoms with Crippen LogP contribution in [0.15, 0.2) is 54.6 Å². The van der Waals surface area contributed by atoms with Crippen LogP contribution in [-0.2, 0) is 0 Å². The molecule has 4 rings (SSSR count). The molecule has 162 valence electrons. The Morgan fingerprint density at radius 2 is 1.94 bits per heavy atom. The smallest absolute Gasteiger partial charge is 0.269 e. The number of non-ortho nitro benzene ring substituents is 1. The summed E-state index contributed by atoms with van der Waals surface area (Å²) in [7, 11) is 0. The van der Waals surface area contributed by atoms with Crippen molar-refractivity contribution in [2.24, 2.45) is 5.92 Å². The van der Waals surface area contributed by atoms with Gasteiger partial charge in [-0.1, -0.05) is 38.1 Å². The monoisotopic (exact) mass is 419 g/mol. The van der Waals surface area contributed by atoms with Crippen LogP contribution in [0.4, 0.5) is 11.4 Å². The van der Waals surface area contributed by atoms with E-state index in [0.717, 1.165) is 54.7 Å². The molecular weight excluding hydrogens is 390 g/mol. The van der Waals surface area contributed by atoms with E-state index in [1.807, 2.05) is 29.2 Å². The van der Waals surface area contributed by atoms with Crippen LogP contribution in [0.2, 0.25) is 0 Å². The van der Waals surface area contributed by atoms with Gasteiger partial charge in [0.15, 0.2) is 0 Å². The van der Waals surface area contributed by atoms with Gasteiger partial charge in [-0.25, -0.2) is 0 Å². The van der Waals surface area contributed by atoms with Gasteiger partial charge in [0.05, 0.1) is 11.0 Å². The number of allylic oxidation sites excluding steroid dienone is 2. The molecule has 0 spiro atoms. The van der Waals surface area contributed by atoms with Gasteiger partial charge in [0.25, 0.3) is 11.6 Å². The average Bonchev–Trinajstić information content (AvgIpc) is 3.28. The van der Waals surface area contributed by atoms with Crippen LogP contribution < -0.4 is 5.32 Å². The van der Waals surface area contributed by atoms with Crippen LogP contribution >= 0.6 is 0 Å². The van der Waals surface area contributed by atoms with E-state index in [2.05, 4.69) is 31.3 Å². The van der Waals surface area contributed by atoms with Crippen molar-refractivity contribution in [3.8, 4) is 0 Å². The molecule has 2 aromatic carbocycles. The highest BCUT2D eigenvalue weighted by Crippen LogP contribution is 2.50. The van der Waals surface area contributed by atoms with Gasteiger partial charge in [-0.05, 0) is 54.5 Å². The number of carbonyl (C=O) groups excluding carboxylic acids is 1. The molecule has 0 bridgehead atoms. The Kier molecular flexibility index (Phi) is 6.07. The molecule has 6 nitrogen and oxygen atoms in total. The summed E-state index contributed by atoms with van der Waals surface area (Å²) in [6.07, 6.45) is 7.19. The van der Waals surface area contributed by atoms with Gasteiger partial charge < -0.3 is 10.2 Å². The van der Waals surface area contributed by atoms with Crippen molar-refractivity contribution < 1.29 is 9.72 Å². The highest BCUT2D eigenvalue weighted by molar-refractivity contribution is 5.95. The highest BCUT2D eigenvalue weighted by Gasteiger charge is 2.38. The van der Waals surface area contributed by atoms with E-state index in [1.54, 1.807) is 12.1 Å². The second kappa shape index (κ2) is 8.92. The molecule has 1 N–H and O–H groups in total. The number of benzene rings is 2. The summed E-state index contributed by atoms with van der Waals surface area (Å²) < 4.78 is 0. The van der Waals surface area contributed by atoms with Crippen molar-refractivity contribution in [1.29, 1.82) is 0 Å². The first-order valence-corrected chi connectivity index (χ1v) is 11.1. The van der Waals surface area contributed by atoms with Crippen molar-refractivity contribution in [3.05, 3.63) is 81.4 Å². The predicted octanol–water partition coefficient (Wildman–Crippen LogP) is 5.68. The lowest BCUT2D eigenvalue weighted by molar-refractivity contribution is -0.384. The first-order chi connectivity index (χ1) is 15.0. The number of nitro benzene ring substituents is 1. The van der Waals surface area contributed by atoms with Crippen LogP contribution in [0.3, 0.4) is 0 Å². The van der Waals surface area contributed by atoms with Crippen molar-refractivity contribution in [1.82, 2.24) is 4.90 Å². The van der Waals surface area contributed by atoms with E-state index in [1.165, 1.54) is 6.07 Å². The van der Waals surface area contributed by atoms with Crippen LogP contribution in [0.5, 0.6) is 0 Å². The summed E-state index contributed by atoms with van der Waals surface area (Å²) in [5.74, 6) is 0.548. The molecule has 31 heavy (non-hydrogen) atoms. The SMILES string of the molecule is CCCN(CCC)C(=O)c1ccc2c(c1)C1C=CCC1C(c1cccc([N+](=O)[O-])c1)N2. The molecule has 0 radical (unpaired) electrons. The van der Waals surface area contributed by atoms with Gasteiger partial charge in [-0.15, -0.1) is 0 Å². The molecule has 6 heteroatoms. The standard InChI is InChI=1S/C25H29N3O3/c1-3-13-27(14-4-2)25(29)18-11-12-23-22(16-18)20-9-6-10-21(20)24(26-23)17-7-5-8-19(15-17)28(30)31/h5-9,11-12,15-16,20-21,24,26H,3-4,10,13-14H2,1-2H3. The third kappa shape index (κ3) is 4.07. The molecule has 0 saturated heterocycles. The molecule has 3 atom stereocenters. The number of rotatable bonds is 7. The van der Waals surface area contributed by atoms with Crippen LogP contribution in [-0.4, -0.2) is 28.8 Å². The number of nitrogens with one attached hydrogen (secondary N) is 1. The lowest BCUT2D eigenvalue weighted by Gasteiger charge is -2.37. The Balaban J connectivity index is 1.66. The molecule has 0 saturated carbocycles. The molecule has 0 fully saturated rings. The summed E-state index contributed by atoms with van der Waals surface area (Å²) in [6, 6.07) is 12.8. The number of amides is 1. The molecule has 1 aliphatic heterocycles. The Hall–Kier alpha value is -3.15. The topological polar surface area (TPSA) is 75.5 Å². The van der Waals surface area contributed by atoms with Crippen LogP contribution in [0.25, 0.3) is 0 Å². The number of anilines is 1. The largest absolute Gasteiger partial charge is 0.378 e. The Morgan fingerprint density at radius 3 is 2.65 bits per heavy atom. The Labute approximate surface area is 183 Å². The Morgan fingerprint density at radius 1 is 1.16 bits per heavy atom. The lowest BCUT2D eigenvalue weighted by Crippen LogP contribution is -2.33. The van der Waals surface area contributed by atoms with Crippen molar-refractivity contribution >= 4 is 17.3 Å². The molecule has 2 aliphatic rings. The first-order valence-electron chi connectivity index (χ1n) is 11.1. The van der Waals surface area contributed by atoms with Crippen molar-refractivity contribution in [3.63, 3.8) is 0 Å². The van der Waals surface area contributed by atoms with Gasteiger partial charge in [-0.3, -0.25) is 14.9 Å². The molecule has 0 aromatic heterocycles. The second-order valence-corrected chi connectivity index (χ2v) is 8.42. The first kappa shape index (κ1) is 21.1. The minimum Gasteiger partial charge on any atom is -0.378 e. The molecule has 2 aromatic rings. The van der Waals surface area contributed by atoms with Crippen LogP contribution in [0.1, 0.15) is 66.6 Å². The fraction of sp³-hybridized carbons (Fsp3) is 0.400. The Bertz CT molecular complexity index is 1010. The van der Waals surface area contributed by atoms with E-state index in [9.17, 15) is 14.9 Å². The van der Waals surface area contributed by atoms with E-state index in [-0.39, 0.29) is 34.4 Å². The zero-order valence-corrected chi connectivity index (χ0v) is 18.1. The summed E-state index contributed by atoms with van der Waals surface area (Å²) >= 11 is 0. The number of hydrogen-bond donors (Lipinski definition) is 1. The minimum atomic E-state index is -0.346. The van der Waals surface area contributed by atoms with E-state index >= 15 is 0 Å². The normalized spacial score (nSPS) is 21.2. The minimum absolute atomic E-state index is 0.00867. The number of nitrogens with zero attached hydrogens (tertiary/aromatic N) is 2. The molecule has 1 aliphatic carbocycles. The summed E-state index contributed by atoms with van der Waals surface area (Å²) in [6.45, 7) is 5.72. The second-order valence-electron chi connectivity index (χ2n) is 8.42. The van der Waals surface area contributed by atoms with Crippen LogP contribution in [0, 0.1) is 16.0 Å². The summed E-state index contributed by atoms with van der Waals surface area (Å²) in [4.78, 5) is 26.0. The number of fused-ring (bicyclic) bond motifs is 3. The zero-order chi connectivity index (χ0) is 22.0. The van der Waals surface area contributed by atoms with Gasteiger partial charge in [0, 0.05) is 42.4 Å². The number of hydrogen-bond acceptors (Lipinski definition) is 4. The van der Waals surface area contributed by atoms with Crippen molar-refractivity contribution in [2.75, 3.05) is 18.4 Å². The third-order valence-corrected chi connectivity index (χ3v) is 6.32. The highest BCUT2D eigenvalue weighted by atomic mass is 16.6. The van der Waals surface area contributed by atoms with E-state index in [4.69, 9.17) is 0 Å². The van der Waals surface area contributed by atoms with E-state index in [0.29, 0.717) is 0 Å². The fourth-order valence-corrected chi connectivity index (χ4v) is 4.93. The summed E-state index contributed by atoms with van der Waals surface area (Å²) in [5.41, 5.74) is 3.91. The quantitative estimate of drug-likeness (QED) is 0.356. The summed E-state index contributed by atoms with van der Waals surface area (Å²) in [5, 5.41) is 14.9. The number of carbonyl (C=O) groups is 1. The molecule has 1 heterocycles. The van der Waals surface area contributed by atoms with E-state index < -0.39 is 0 Å². The maximum atomic E-state index is 13.1. The lowest BCUT2D eigenvalue weighted by atomic mass is 9.76. The molecule has 1 amide bonds. The van der Waals surface area contributed by atoms with Gasteiger partial charge in [-0.2, -0.15) is 0 Å². The van der Waals surface area contributed by atoms with Crippen molar-refractivity contribution in [2.45, 2.75) is 45.1 Å². The fourth-order valence-electron chi connectivity index (χ4n) is 4.93.